The minimum atomic E-state index is 0.726. The molecule has 2 aromatic rings. The molecule has 0 heterocycles. The number of hydrogen-bond acceptors (Lipinski definition) is 2. The molecule has 0 bridgehead atoms. The van der Waals surface area contributed by atoms with E-state index in [2.05, 4.69) is 55.1 Å². The topological polar surface area (TPSA) is 27.0 Å². The molecule has 0 radical (unpaired) electrons. The molecule has 2 rings (SSSR count). The highest BCUT2D eigenvalue weighted by atomic mass is 15.1. The van der Waals surface area contributed by atoms with Crippen LogP contribution in [0.4, 0.5) is 5.69 Å². The van der Waals surface area contributed by atoms with Crippen LogP contribution in [0.15, 0.2) is 48.5 Å². The van der Waals surface area contributed by atoms with Crippen molar-refractivity contribution in [3.63, 3.8) is 0 Å². The van der Waals surface area contributed by atoms with Gasteiger partial charge in [0.1, 0.15) is 0 Å². The molecule has 0 spiro atoms. The van der Waals surface area contributed by atoms with Gasteiger partial charge in [-0.05, 0) is 49.2 Å². The van der Waals surface area contributed by atoms with Gasteiger partial charge in [-0.15, -0.1) is 0 Å². The third kappa shape index (κ3) is 3.14. The van der Waals surface area contributed by atoms with E-state index in [1.165, 1.54) is 16.8 Å². The zero-order valence-corrected chi connectivity index (χ0v) is 11.4. The van der Waals surface area contributed by atoms with Crippen LogP contribution in [0.1, 0.15) is 23.6 Å². The van der Waals surface area contributed by atoms with Crippen LogP contribution in [-0.4, -0.2) is 6.54 Å². The summed E-state index contributed by atoms with van der Waals surface area (Å²) in [6.45, 7) is 6.06. The summed E-state index contributed by atoms with van der Waals surface area (Å²) < 4.78 is 0. The second-order valence-electron chi connectivity index (χ2n) is 4.60. The van der Waals surface area contributed by atoms with Crippen molar-refractivity contribution in [2.24, 2.45) is 0 Å². The fraction of sp³-hybridized carbons (Fsp3) is 0.235. The highest BCUT2D eigenvalue weighted by Gasteiger charge is 2.07. The molecule has 0 fully saturated rings. The summed E-state index contributed by atoms with van der Waals surface area (Å²) in [6.07, 6.45) is 0. The van der Waals surface area contributed by atoms with Gasteiger partial charge in [-0.3, -0.25) is 0 Å². The van der Waals surface area contributed by atoms with Crippen LogP contribution in [0, 0.1) is 18.3 Å². The number of benzene rings is 2. The molecule has 0 unspecified atom stereocenters. The average Bonchev–Trinajstić information content (AvgIpc) is 2.47. The highest BCUT2D eigenvalue weighted by molar-refractivity contribution is 5.48. The first-order valence-corrected chi connectivity index (χ1v) is 6.54. The average molecular weight is 250 g/mol. The van der Waals surface area contributed by atoms with E-state index in [4.69, 9.17) is 5.26 Å². The molecule has 0 saturated carbocycles. The summed E-state index contributed by atoms with van der Waals surface area (Å²) in [5.74, 6) is 0. The van der Waals surface area contributed by atoms with Gasteiger partial charge in [0.25, 0.3) is 0 Å². The molecule has 2 aromatic carbocycles. The Bertz CT molecular complexity index is 582. The SMILES string of the molecule is CCN(Cc1ccc(C#N)cc1C)c1ccccc1. The number of rotatable bonds is 4. The van der Waals surface area contributed by atoms with Crippen LogP contribution < -0.4 is 4.90 Å². The van der Waals surface area contributed by atoms with Crippen LogP contribution in [0.2, 0.25) is 0 Å². The second-order valence-corrected chi connectivity index (χ2v) is 4.60. The van der Waals surface area contributed by atoms with E-state index in [1.807, 2.05) is 18.2 Å². The largest absolute Gasteiger partial charge is 0.367 e. The Morgan fingerprint density at radius 3 is 2.42 bits per heavy atom. The van der Waals surface area contributed by atoms with Crippen molar-refractivity contribution >= 4 is 5.69 Å². The molecule has 0 aliphatic heterocycles. The first kappa shape index (κ1) is 13.2. The molecule has 0 aliphatic rings. The number of nitrogens with zero attached hydrogens (tertiary/aromatic N) is 2. The van der Waals surface area contributed by atoms with Gasteiger partial charge >= 0.3 is 0 Å². The summed E-state index contributed by atoms with van der Waals surface area (Å²) >= 11 is 0. The first-order valence-electron chi connectivity index (χ1n) is 6.54. The van der Waals surface area contributed by atoms with Gasteiger partial charge in [0.05, 0.1) is 11.6 Å². The van der Waals surface area contributed by atoms with Crippen molar-refractivity contribution in [1.82, 2.24) is 0 Å². The first-order chi connectivity index (χ1) is 9.24. The molecule has 0 saturated heterocycles. The van der Waals surface area contributed by atoms with E-state index in [1.54, 1.807) is 0 Å². The van der Waals surface area contributed by atoms with E-state index in [9.17, 15) is 0 Å². The van der Waals surface area contributed by atoms with Crippen LogP contribution in [0.5, 0.6) is 0 Å². The maximum atomic E-state index is 8.90. The molecule has 96 valence electrons. The zero-order chi connectivity index (χ0) is 13.7. The van der Waals surface area contributed by atoms with Gasteiger partial charge in [0.15, 0.2) is 0 Å². The van der Waals surface area contributed by atoms with E-state index in [0.29, 0.717) is 0 Å². The van der Waals surface area contributed by atoms with Crippen molar-refractivity contribution in [1.29, 1.82) is 5.26 Å². The third-order valence-corrected chi connectivity index (χ3v) is 3.34. The van der Waals surface area contributed by atoms with Gasteiger partial charge in [-0.1, -0.05) is 24.3 Å². The molecule has 0 amide bonds. The van der Waals surface area contributed by atoms with Gasteiger partial charge < -0.3 is 4.90 Å². The Kier molecular flexibility index (Phi) is 4.20. The summed E-state index contributed by atoms with van der Waals surface area (Å²) in [6, 6.07) is 18.5. The predicted octanol–water partition coefficient (Wildman–Crippen LogP) is 3.89. The smallest absolute Gasteiger partial charge is 0.0991 e. The third-order valence-electron chi connectivity index (χ3n) is 3.34. The molecular formula is C17H18N2. The van der Waals surface area contributed by atoms with Gasteiger partial charge in [-0.25, -0.2) is 0 Å². The molecule has 19 heavy (non-hydrogen) atoms. The lowest BCUT2D eigenvalue weighted by Crippen LogP contribution is -2.22. The Hall–Kier alpha value is -2.27. The monoisotopic (exact) mass is 250 g/mol. The van der Waals surface area contributed by atoms with E-state index in [-0.39, 0.29) is 0 Å². The molecule has 2 heteroatoms. The quantitative estimate of drug-likeness (QED) is 0.823. The number of para-hydroxylation sites is 1. The van der Waals surface area contributed by atoms with Crippen molar-refractivity contribution < 1.29 is 0 Å². The molecule has 0 N–H and O–H groups in total. The Balaban J connectivity index is 2.22. The van der Waals surface area contributed by atoms with Crippen LogP contribution >= 0.6 is 0 Å². The van der Waals surface area contributed by atoms with Crippen molar-refractivity contribution in [2.45, 2.75) is 20.4 Å². The zero-order valence-electron chi connectivity index (χ0n) is 11.4. The maximum absolute atomic E-state index is 8.90. The Morgan fingerprint density at radius 2 is 1.84 bits per heavy atom. The minimum absolute atomic E-state index is 0.726. The Morgan fingerprint density at radius 1 is 1.11 bits per heavy atom. The fourth-order valence-electron chi connectivity index (χ4n) is 2.17. The summed E-state index contributed by atoms with van der Waals surface area (Å²) in [7, 11) is 0. The van der Waals surface area contributed by atoms with Crippen LogP contribution in [0.3, 0.4) is 0 Å². The van der Waals surface area contributed by atoms with Crippen molar-refractivity contribution in [2.75, 3.05) is 11.4 Å². The van der Waals surface area contributed by atoms with E-state index >= 15 is 0 Å². The number of anilines is 1. The normalized spacial score (nSPS) is 9.95. The molecule has 0 aromatic heterocycles. The molecule has 2 nitrogen and oxygen atoms in total. The van der Waals surface area contributed by atoms with Crippen LogP contribution in [0.25, 0.3) is 0 Å². The van der Waals surface area contributed by atoms with E-state index in [0.717, 1.165) is 18.7 Å². The highest BCUT2D eigenvalue weighted by Crippen LogP contribution is 2.19. The van der Waals surface area contributed by atoms with Gasteiger partial charge in [0.2, 0.25) is 0 Å². The maximum Gasteiger partial charge on any atom is 0.0991 e. The fourth-order valence-corrected chi connectivity index (χ4v) is 2.17. The Labute approximate surface area is 114 Å². The minimum Gasteiger partial charge on any atom is -0.367 e. The lowest BCUT2D eigenvalue weighted by atomic mass is 10.0. The lowest BCUT2D eigenvalue weighted by molar-refractivity contribution is 0.827. The van der Waals surface area contributed by atoms with Crippen molar-refractivity contribution in [3.05, 3.63) is 65.2 Å². The van der Waals surface area contributed by atoms with E-state index < -0.39 is 0 Å². The van der Waals surface area contributed by atoms with Crippen molar-refractivity contribution in [3.8, 4) is 6.07 Å². The molecular weight excluding hydrogens is 232 g/mol. The molecule has 0 atom stereocenters. The summed E-state index contributed by atoms with van der Waals surface area (Å²) in [5, 5.41) is 8.90. The standard InChI is InChI=1S/C17H18N2/c1-3-19(17-7-5-4-6-8-17)13-16-10-9-15(12-18)11-14(16)2/h4-11H,3,13H2,1-2H3. The summed E-state index contributed by atoms with van der Waals surface area (Å²) in [4.78, 5) is 2.33. The van der Waals surface area contributed by atoms with Gasteiger partial charge in [0, 0.05) is 18.8 Å². The van der Waals surface area contributed by atoms with Gasteiger partial charge in [-0.2, -0.15) is 5.26 Å². The summed E-state index contributed by atoms with van der Waals surface area (Å²) in [5.41, 5.74) is 4.40. The predicted molar refractivity (Wildman–Crippen MR) is 79.1 cm³/mol. The van der Waals surface area contributed by atoms with Crippen LogP contribution in [-0.2, 0) is 6.54 Å². The number of nitriles is 1. The number of hydrogen-bond donors (Lipinski definition) is 0. The number of aryl methyl sites for hydroxylation is 1. The second kappa shape index (κ2) is 6.06. The lowest BCUT2D eigenvalue weighted by Gasteiger charge is -2.24. The molecule has 0 aliphatic carbocycles.